The highest BCUT2D eigenvalue weighted by Gasteiger charge is 2.33. The van der Waals surface area contributed by atoms with E-state index in [2.05, 4.69) is 4.99 Å². The lowest BCUT2D eigenvalue weighted by molar-refractivity contribution is -0.138. The molecule has 0 spiro atoms. The summed E-state index contributed by atoms with van der Waals surface area (Å²) in [6, 6.07) is 0. The number of aliphatic imine (C=N–C) groups is 1. The minimum Gasteiger partial charge on any atom is -0.511 e. The van der Waals surface area contributed by atoms with Gasteiger partial charge in [-0.3, -0.25) is 14.6 Å². The van der Waals surface area contributed by atoms with Crippen molar-refractivity contribution in [1.82, 2.24) is 0 Å². The standard InChI is InChI=1S/C21H35NO8/c1-16(20-17(23)14-21(2,3)15-18(20)24)22-5-7-28-9-11-30-13-12-29-10-8-27-6-4-19(25)26/h23H,4-15H2,1-3H3,(H,25,26). The highest BCUT2D eigenvalue weighted by Crippen LogP contribution is 2.36. The molecule has 2 N–H and O–H groups in total. The average molecular weight is 430 g/mol. The number of ether oxygens (including phenoxy) is 4. The van der Waals surface area contributed by atoms with Crippen molar-refractivity contribution in [2.75, 3.05) is 59.4 Å². The fourth-order valence-corrected chi connectivity index (χ4v) is 2.98. The Bertz CT molecular complexity index is 612. The van der Waals surface area contributed by atoms with Gasteiger partial charge in [0.25, 0.3) is 0 Å². The van der Waals surface area contributed by atoms with Crippen LogP contribution in [0.5, 0.6) is 0 Å². The van der Waals surface area contributed by atoms with E-state index in [1.165, 1.54) is 0 Å². The van der Waals surface area contributed by atoms with Crippen molar-refractivity contribution in [3.63, 3.8) is 0 Å². The number of rotatable bonds is 16. The number of ketones is 1. The van der Waals surface area contributed by atoms with Crippen molar-refractivity contribution in [1.29, 1.82) is 0 Å². The topological polar surface area (TPSA) is 124 Å². The molecular formula is C21H35NO8. The Kier molecular flexibility index (Phi) is 12.4. The minimum absolute atomic E-state index is 0.00913. The molecule has 0 radical (unpaired) electrons. The predicted molar refractivity (Wildman–Crippen MR) is 111 cm³/mol. The van der Waals surface area contributed by atoms with E-state index in [1.54, 1.807) is 6.92 Å². The van der Waals surface area contributed by atoms with Gasteiger partial charge < -0.3 is 29.2 Å². The van der Waals surface area contributed by atoms with Crippen LogP contribution < -0.4 is 0 Å². The van der Waals surface area contributed by atoms with Gasteiger partial charge in [-0.15, -0.1) is 0 Å². The van der Waals surface area contributed by atoms with E-state index in [0.717, 1.165) is 0 Å². The number of carbonyl (C=O) groups excluding carboxylic acids is 1. The van der Waals surface area contributed by atoms with Crippen molar-refractivity contribution in [3.8, 4) is 0 Å². The molecular weight excluding hydrogens is 394 g/mol. The Morgan fingerprint density at radius 2 is 1.43 bits per heavy atom. The minimum atomic E-state index is -0.881. The number of hydrogen-bond donors (Lipinski definition) is 2. The van der Waals surface area contributed by atoms with Crippen LogP contribution in [-0.4, -0.2) is 87.1 Å². The average Bonchev–Trinajstić information content (AvgIpc) is 2.63. The molecule has 0 bridgehead atoms. The van der Waals surface area contributed by atoms with Crippen LogP contribution in [-0.2, 0) is 28.5 Å². The first-order valence-electron chi connectivity index (χ1n) is 10.2. The van der Waals surface area contributed by atoms with E-state index in [0.29, 0.717) is 76.9 Å². The van der Waals surface area contributed by atoms with Gasteiger partial charge in [-0.2, -0.15) is 0 Å². The number of aliphatic carboxylic acids is 1. The maximum absolute atomic E-state index is 12.2. The van der Waals surface area contributed by atoms with Crippen LogP contribution in [0.4, 0.5) is 0 Å². The summed E-state index contributed by atoms with van der Waals surface area (Å²) in [6.45, 7) is 9.12. The number of carbonyl (C=O) groups is 2. The van der Waals surface area contributed by atoms with Gasteiger partial charge in [0.05, 0.1) is 71.4 Å². The Hall–Kier alpha value is -1.81. The van der Waals surface area contributed by atoms with Gasteiger partial charge in [0.2, 0.25) is 0 Å². The van der Waals surface area contributed by atoms with Gasteiger partial charge >= 0.3 is 5.97 Å². The molecule has 0 amide bonds. The van der Waals surface area contributed by atoms with Crippen LogP contribution >= 0.6 is 0 Å². The van der Waals surface area contributed by atoms with Gasteiger partial charge in [0, 0.05) is 18.6 Å². The predicted octanol–water partition coefficient (Wildman–Crippen LogP) is 2.19. The van der Waals surface area contributed by atoms with Gasteiger partial charge in [0.15, 0.2) is 5.78 Å². The number of hydrogen-bond acceptors (Lipinski definition) is 8. The number of nitrogens with zero attached hydrogens (tertiary/aromatic N) is 1. The fourth-order valence-electron chi connectivity index (χ4n) is 2.98. The number of aliphatic hydroxyl groups is 1. The van der Waals surface area contributed by atoms with Crippen molar-refractivity contribution in [3.05, 3.63) is 11.3 Å². The molecule has 0 unspecified atom stereocenters. The zero-order chi connectivity index (χ0) is 22.4. The van der Waals surface area contributed by atoms with Crippen LogP contribution in [0.25, 0.3) is 0 Å². The molecule has 0 aliphatic heterocycles. The Labute approximate surface area is 178 Å². The zero-order valence-corrected chi connectivity index (χ0v) is 18.3. The summed E-state index contributed by atoms with van der Waals surface area (Å²) in [5, 5.41) is 18.6. The van der Waals surface area contributed by atoms with E-state index >= 15 is 0 Å². The second kappa shape index (κ2) is 14.2. The van der Waals surface area contributed by atoms with Gasteiger partial charge in [0.1, 0.15) is 5.76 Å². The molecule has 0 fully saturated rings. The van der Waals surface area contributed by atoms with Gasteiger partial charge in [-0.25, -0.2) is 0 Å². The molecule has 0 saturated carbocycles. The molecule has 0 atom stereocenters. The normalized spacial score (nSPS) is 16.9. The number of Topliss-reactive ketones (excluding diaryl/α,β-unsaturated/α-hetero) is 1. The summed E-state index contributed by atoms with van der Waals surface area (Å²) in [5.74, 6) is -0.817. The summed E-state index contributed by atoms with van der Waals surface area (Å²) < 4.78 is 21.2. The van der Waals surface area contributed by atoms with E-state index in [9.17, 15) is 14.7 Å². The van der Waals surface area contributed by atoms with Crippen LogP contribution in [0.1, 0.15) is 40.0 Å². The lowest BCUT2D eigenvalue weighted by Gasteiger charge is -2.29. The monoisotopic (exact) mass is 429 g/mol. The number of allylic oxidation sites excluding steroid dienone is 2. The van der Waals surface area contributed by atoms with Crippen LogP contribution in [0, 0.1) is 5.41 Å². The molecule has 0 saturated heterocycles. The second-order valence-corrected chi connectivity index (χ2v) is 7.82. The number of aliphatic hydroxyl groups excluding tert-OH is 1. The maximum Gasteiger partial charge on any atom is 0.305 e. The Balaban J connectivity index is 2.02. The van der Waals surface area contributed by atoms with Crippen LogP contribution in [0.2, 0.25) is 0 Å². The molecule has 0 aromatic carbocycles. The van der Waals surface area contributed by atoms with Crippen molar-refractivity contribution in [2.45, 2.75) is 40.0 Å². The lowest BCUT2D eigenvalue weighted by atomic mass is 9.76. The van der Waals surface area contributed by atoms with Crippen LogP contribution in [0.15, 0.2) is 16.3 Å². The summed E-state index contributed by atoms with van der Waals surface area (Å²) >= 11 is 0. The first-order valence-corrected chi connectivity index (χ1v) is 10.2. The summed E-state index contributed by atoms with van der Waals surface area (Å²) in [5.41, 5.74) is 0.691. The van der Waals surface area contributed by atoms with E-state index in [1.807, 2.05) is 13.8 Å². The summed E-state index contributed by atoms with van der Waals surface area (Å²) in [6.07, 6.45) is 0.885. The summed E-state index contributed by atoms with van der Waals surface area (Å²) in [4.78, 5) is 26.9. The highest BCUT2D eigenvalue weighted by molar-refractivity contribution is 6.22. The molecule has 1 aliphatic rings. The molecule has 30 heavy (non-hydrogen) atoms. The van der Waals surface area contributed by atoms with Gasteiger partial charge in [-0.1, -0.05) is 13.8 Å². The molecule has 9 nitrogen and oxygen atoms in total. The molecule has 1 rings (SSSR count). The third-order valence-corrected chi connectivity index (χ3v) is 4.38. The third kappa shape index (κ3) is 11.4. The maximum atomic E-state index is 12.2. The molecule has 0 aromatic rings. The first-order chi connectivity index (χ1) is 14.2. The molecule has 9 heteroatoms. The van der Waals surface area contributed by atoms with E-state index in [4.69, 9.17) is 24.1 Å². The van der Waals surface area contributed by atoms with Crippen molar-refractivity contribution in [2.24, 2.45) is 10.4 Å². The molecule has 0 heterocycles. The molecule has 1 aliphatic carbocycles. The number of carboxylic acid groups (broad SMARTS) is 1. The van der Waals surface area contributed by atoms with Crippen molar-refractivity contribution < 1.29 is 38.7 Å². The zero-order valence-electron chi connectivity index (χ0n) is 18.3. The molecule has 0 aromatic heterocycles. The fraction of sp³-hybridized carbons (Fsp3) is 0.762. The first kappa shape index (κ1) is 26.2. The highest BCUT2D eigenvalue weighted by atomic mass is 16.6. The smallest absolute Gasteiger partial charge is 0.305 e. The van der Waals surface area contributed by atoms with E-state index in [-0.39, 0.29) is 30.0 Å². The van der Waals surface area contributed by atoms with E-state index < -0.39 is 5.97 Å². The van der Waals surface area contributed by atoms with Crippen LogP contribution in [0.3, 0.4) is 0 Å². The summed E-state index contributed by atoms with van der Waals surface area (Å²) in [7, 11) is 0. The number of carboxylic acids is 1. The lowest BCUT2D eigenvalue weighted by Crippen LogP contribution is -2.28. The quantitative estimate of drug-likeness (QED) is 0.283. The van der Waals surface area contributed by atoms with Crippen molar-refractivity contribution >= 4 is 17.5 Å². The Morgan fingerprint density at radius 1 is 0.933 bits per heavy atom. The largest absolute Gasteiger partial charge is 0.511 e. The second-order valence-electron chi connectivity index (χ2n) is 7.82. The SMILES string of the molecule is CC(=NCCOCCOCCOCCOCCC(=O)O)C1=C(O)CC(C)(C)CC1=O. The Morgan fingerprint density at radius 3 is 1.93 bits per heavy atom. The molecule has 172 valence electrons. The van der Waals surface area contributed by atoms with Gasteiger partial charge in [-0.05, 0) is 12.3 Å². The third-order valence-electron chi connectivity index (χ3n) is 4.38.